The lowest BCUT2D eigenvalue weighted by Crippen LogP contribution is -2.14. The molecule has 1 aromatic heterocycles. The molecule has 0 aliphatic carbocycles. The Morgan fingerprint density at radius 2 is 1.96 bits per heavy atom. The summed E-state index contributed by atoms with van der Waals surface area (Å²) in [6, 6.07) is 12.3. The van der Waals surface area contributed by atoms with Crippen LogP contribution in [0.1, 0.15) is 15.9 Å². The number of nitrogens with one attached hydrogen (secondary N) is 2. The van der Waals surface area contributed by atoms with Gasteiger partial charge in [-0.25, -0.2) is 0 Å². The molecule has 0 unspecified atom stereocenters. The summed E-state index contributed by atoms with van der Waals surface area (Å²) in [6.07, 6.45) is 1.66. The Labute approximate surface area is 140 Å². The highest BCUT2D eigenvalue weighted by Gasteiger charge is 2.13. The van der Waals surface area contributed by atoms with Crippen molar-refractivity contribution >= 4 is 44.4 Å². The maximum absolute atomic E-state index is 12.5. The fourth-order valence-electron chi connectivity index (χ4n) is 2.41. The quantitative estimate of drug-likeness (QED) is 0.651. The molecule has 0 spiro atoms. The van der Waals surface area contributed by atoms with Crippen LogP contribution in [0.5, 0.6) is 0 Å². The first-order valence-corrected chi connectivity index (χ1v) is 7.71. The Balaban J connectivity index is 1.90. The predicted molar refractivity (Wildman–Crippen MR) is 91.7 cm³/mol. The average molecular weight is 373 g/mol. The number of rotatable bonds is 4. The minimum atomic E-state index is -0.942. The Bertz CT molecular complexity index is 902. The zero-order valence-electron chi connectivity index (χ0n) is 12.0. The van der Waals surface area contributed by atoms with E-state index in [0.717, 1.165) is 15.4 Å². The average Bonchev–Trinajstić information content (AvgIpc) is 2.97. The van der Waals surface area contributed by atoms with Gasteiger partial charge in [-0.05, 0) is 29.8 Å². The van der Waals surface area contributed by atoms with Crippen molar-refractivity contribution in [3.63, 3.8) is 0 Å². The lowest BCUT2D eigenvalue weighted by molar-refractivity contribution is -0.136. The summed E-state index contributed by atoms with van der Waals surface area (Å²) in [7, 11) is 0. The molecular weight excluding hydrogens is 360 g/mol. The molecule has 0 radical (unpaired) electrons. The summed E-state index contributed by atoms with van der Waals surface area (Å²) >= 11 is 3.45. The number of carbonyl (C=O) groups excluding carboxylic acids is 1. The van der Waals surface area contributed by atoms with Crippen molar-refractivity contribution in [2.45, 2.75) is 6.42 Å². The topological polar surface area (TPSA) is 82.2 Å². The van der Waals surface area contributed by atoms with Crippen LogP contribution < -0.4 is 5.32 Å². The summed E-state index contributed by atoms with van der Waals surface area (Å²) in [5.41, 5.74) is 2.40. The van der Waals surface area contributed by atoms with E-state index in [0.29, 0.717) is 16.8 Å². The number of aromatic nitrogens is 1. The predicted octanol–water partition coefficient (Wildman–Crippen LogP) is 3.81. The zero-order valence-corrected chi connectivity index (χ0v) is 13.6. The van der Waals surface area contributed by atoms with E-state index < -0.39 is 5.97 Å². The Hall–Kier alpha value is -2.60. The number of carboxylic acid groups (broad SMARTS) is 1. The SMILES string of the molecule is O=C(O)Cc1ccccc1NC(=O)c1cc(Br)c2cc[nH]c2c1. The Morgan fingerprint density at radius 3 is 2.74 bits per heavy atom. The summed E-state index contributed by atoms with van der Waals surface area (Å²) in [4.78, 5) is 26.5. The van der Waals surface area contributed by atoms with Gasteiger partial charge < -0.3 is 15.4 Å². The number of aliphatic carboxylic acids is 1. The van der Waals surface area contributed by atoms with Crippen LogP contribution in [0, 0.1) is 0 Å². The van der Waals surface area contributed by atoms with Crippen LogP contribution in [-0.2, 0) is 11.2 Å². The maximum Gasteiger partial charge on any atom is 0.307 e. The number of fused-ring (bicyclic) bond motifs is 1. The minimum absolute atomic E-state index is 0.143. The first kappa shape index (κ1) is 15.3. The van der Waals surface area contributed by atoms with Crippen molar-refractivity contribution in [2.24, 2.45) is 0 Å². The first-order chi connectivity index (χ1) is 11.0. The van der Waals surface area contributed by atoms with Gasteiger partial charge in [0.1, 0.15) is 0 Å². The van der Waals surface area contributed by atoms with Gasteiger partial charge in [-0.1, -0.05) is 34.1 Å². The highest BCUT2D eigenvalue weighted by atomic mass is 79.9. The molecule has 0 atom stereocenters. The van der Waals surface area contributed by atoms with Gasteiger partial charge in [0, 0.05) is 32.8 Å². The van der Waals surface area contributed by atoms with E-state index >= 15 is 0 Å². The second kappa shape index (κ2) is 6.26. The number of para-hydroxylation sites is 1. The van der Waals surface area contributed by atoms with Gasteiger partial charge in [0.05, 0.1) is 6.42 Å². The van der Waals surface area contributed by atoms with Crippen LogP contribution in [0.25, 0.3) is 10.9 Å². The fourth-order valence-corrected chi connectivity index (χ4v) is 3.00. The summed E-state index contributed by atoms with van der Waals surface area (Å²) in [5.74, 6) is -1.23. The normalized spacial score (nSPS) is 10.7. The number of benzene rings is 2. The van der Waals surface area contributed by atoms with Crippen LogP contribution in [0.2, 0.25) is 0 Å². The molecule has 1 amide bonds. The second-order valence-electron chi connectivity index (χ2n) is 5.08. The molecule has 6 heteroatoms. The number of carboxylic acids is 1. The largest absolute Gasteiger partial charge is 0.481 e. The van der Waals surface area contributed by atoms with Gasteiger partial charge in [-0.2, -0.15) is 0 Å². The smallest absolute Gasteiger partial charge is 0.307 e. The Morgan fingerprint density at radius 1 is 1.17 bits per heavy atom. The van der Waals surface area contributed by atoms with E-state index in [1.54, 1.807) is 42.6 Å². The number of halogens is 1. The lowest BCUT2D eigenvalue weighted by Gasteiger charge is -2.10. The summed E-state index contributed by atoms with van der Waals surface area (Å²) in [5, 5.41) is 12.7. The van der Waals surface area contributed by atoms with Crippen LogP contribution in [0.4, 0.5) is 5.69 Å². The molecule has 116 valence electrons. The molecule has 3 aromatic rings. The van der Waals surface area contributed by atoms with E-state index in [1.165, 1.54) is 0 Å². The van der Waals surface area contributed by atoms with Crippen molar-refractivity contribution in [2.75, 3.05) is 5.32 Å². The highest BCUT2D eigenvalue weighted by molar-refractivity contribution is 9.10. The van der Waals surface area contributed by atoms with Crippen LogP contribution in [-0.4, -0.2) is 22.0 Å². The number of anilines is 1. The van der Waals surface area contributed by atoms with Crippen LogP contribution in [0.3, 0.4) is 0 Å². The first-order valence-electron chi connectivity index (χ1n) is 6.92. The third-order valence-electron chi connectivity index (χ3n) is 3.49. The number of aromatic amines is 1. The van der Waals surface area contributed by atoms with E-state index in [9.17, 15) is 9.59 Å². The van der Waals surface area contributed by atoms with Crippen molar-refractivity contribution in [1.82, 2.24) is 4.98 Å². The van der Waals surface area contributed by atoms with Crippen molar-refractivity contribution in [3.8, 4) is 0 Å². The zero-order chi connectivity index (χ0) is 16.4. The second-order valence-corrected chi connectivity index (χ2v) is 5.93. The summed E-state index contributed by atoms with van der Waals surface area (Å²) < 4.78 is 0.820. The van der Waals surface area contributed by atoms with Gasteiger partial charge in [-0.15, -0.1) is 0 Å². The molecule has 0 aliphatic heterocycles. The molecule has 5 nitrogen and oxygen atoms in total. The molecule has 1 heterocycles. The minimum Gasteiger partial charge on any atom is -0.481 e. The third-order valence-corrected chi connectivity index (χ3v) is 4.14. The van der Waals surface area contributed by atoms with Crippen molar-refractivity contribution in [3.05, 3.63) is 64.3 Å². The highest BCUT2D eigenvalue weighted by Crippen LogP contribution is 2.26. The van der Waals surface area contributed by atoms with Gasteiger partial charge in [-0.3, -0.25) is 9.59 Å². The maximum atomic E-state index is 12.5. The van der Waals surface area contributed by atoms with E-state index in [-0.39, 0.29) is 12.3 Å². The third kappa shape index (κ3) is 3.27. The number of hydrogen-bond acceptors (Lipinski definition) is 2. The molecular formula is C17H13BrN2O3. The molecule has 0 saturated carbocycles. The van der Waals surface area contributed by atoms with Gasteiger partial charge in [0.15, 0.2) is 0 Å². The lowest BCUT2D eigenvalue weighted by atomic mass is 10.1. The molecule has 0 bridgehead atoms. The molecule has 2 aromatic carbocycles. The van der Waals surface area contributed by atoms with Crippen LogP contribution >= 0.6 is 15.9 Å². The number of amides is 1. The molecule has 0 aliphatic rings. The van der Waals surface area contributed by atoms with Gasteiger partial charge in [0.25, 0.3) is 5.91 Å². The van der Waals surface area contributed by atoms with E-state index in [2.05, 4.69) is 26.2 Å². The Kier molecular flexibility index (Phi) is 4.16. The molecule has 0 saturated heterocycles. The molecule has 0 fully saturated rings. The number of H-pyrrole nitrogens is 1. The molecule has 3 rings (SSSR count). The fraction of sp³-hybridized carbons (Fsp3) is 0.0588. The standard InChI is InChI=1S/C17H13BrN2O3/c18-13-7-11(8-15-12(13)5-6-19-15)17(23)20-14-4-2-1-3-10(14)9-16(21)22/h1-8,19H,9H2,(H,20,23)(H,21,22). The number of carbonyl (C=O) groups is 2. The van der Waals surface area contributed by atoms with Crippen LogP contribution in [0.15, 0.2) is 53.1 Å². The van der Waals surface area contributed by atoms with Gasteiger partial charge >= 0.3 is 5.97 Å². The van der Waals surface area contributed by atoms with E-state index in [4.69, 9.17) is 5.11 Å². The van der Waals surface area contributed by atoms with Crippen molar-refractivity contribution < 1.29 is 14.7 Å². The van der Waals surface area contributed by atoms with Crippen molar-refractivity contribution in [1.29, 1.82) is 0 Å². The van der Waals surface area contributed by atoms with Gasteiger partial charge in [0.2, 0.25) is 0 Å². The molecule has 23 heavy (non-hydrogen) atoms. The number of hydrogen-bond donors (Lipinski definition) is 3. The molecule has 3 N–H and O–H groups in total. The summed E-state index contributed by atoms with van der Waals surface area (Å²) in [6.45, 7) is 0. The monoisotopic (exact) mass is 372 g/mol. The van der Waals surface area contributed by atoms with E-state index in [1.807, 2.05) is 6.07 Å².